The Morgan fingerprint density at radius 2 is 1.90 bits per heavy atom. The molecular formula is C27H26AsFN4O5S. The van der Waals surface area contributed by atoms with Crippen molar-refractivity contribution in [1.29, 1.82) is 0 Å². The Morgan fingerprint density at radius 1 is 1.15 bits per heavy atom. The average Bonchev–Trinajstić information content (AvgIpc) is 3.68. The number of pyridine rings is 1. The van der Waals surface area contributed by atoms with Crippen molar-refractivity contribution in [3.63, 3.8) is 0 Å². The molecule has 1 aliphatic rings. The van der Waals surface area contributed by atoms with E-state index in [1.807, 2.05) is 47.4 Å². The number of hydrogen-bond acceptors (Lipinski definition) is 8. The second kappa shape index (κ2) is 12.5. The second-order valence-corrected chi connectivity index (χ2v) is 14.7. The first kappa shape index (κ1) is 28.4. The maximum Gasteiger partial charge on any atom is 0.0565 e. The summed E-state index contributed by atoms with van der Waals surface area (Å²) in [6, 6.07) is 13.6. The first-order valence-corrected chi connectivity index (χ1v) is 15.9. The van der Waals surface area contributed by atoms with E-state index in [1.54, 1.807) is 43.7 Å². The van der Waals surface area contributed by atoms with Crippen molar-refractivity contribution in [2.45, 2.75) is 24.5 Å². The van der Waals surface area contributed by atoms with Crippen LogP contribution in [-0.4, -0.2) is 40.5 Å². The molecule has 9 nitrogen and oxygen atoms in total. The summed E-state index contributed by atoms with van der Waals surface area (Å²) < 4.78 is 34.9. The molecule has 0 spiro atoms. The van der Waals surface area contributed by atoms with E-state index >= 15 is 0 Å². The molecule has 0 bridgehead atoms. The molecule has 1 aliphatic carbocycles. The summed E-state index contributed by atoms with van der Waals surface area (Å²) in [6.07, 6.45) is 11.0. The SMILES string of the molecule is CC(=O)NO[As](=O)(OO)C1(C)C=C(c2cccs2)C=C(c2ccc(F)cc2)C1.c1cc(-c2cn[nH]c2)ccn1. The third-order valence-corrected chi connectivity index (χ3v) is 11.2. The van der Waals surface area contributed by atoms with Gasteiger partial charge in [0.15, 0.2) is 0 Å². The van der Waals surface area contributed by atoms with Crippen LogP contribution in [0.3, 0.4) is 0 Å². The van der Waals surface area contributed by atoms with E-state index in [0.29, 0.717) is 0 Å². The second-order valence-electron chi connectivity index (χ2n) is 8.84. The Morgan fingerprint density at radius 3 is 2.49 bits per heavy atom. The number of amides is 1. The molecule has 4 aromatic rings. The zero-order chi connectivity index (χ0) is 27.9. The molecule has 2 unspecified atom stereocenters. The van der Waals surface area contributed by atoms with Gasteiger partial charge in [0.25, 0.3) is 0 Å². The minimum absolute atomic E-state index is 0.199. The normalized spacial score (nSPS) is 18.2. The van der Waals surface area contributed by atoms with E-state index in [0.717, 1.165) is 32.7 Å². The third-order valence-electron chi connectivity index (χ3n) is 5.92. The standard InChI is InChI=1S/C19H19AsFNO5S.C8H7N3/c1-13(23)22-26-20(24,27-25)19(2)11-15(14-5-7-17(21)8-6-14)10-16(12-19)18-4-3-9-28-18;1-3-9-4-2-7(1)8-5-10-11-6-8/h3-10,12,25H,11H2,1-2H3,(H,22,23);1-6H,(H,10,11). The van der Waals surface area contributed by atoms with Crippen molar-refractivity contribution in [3.8, 4) is 11.1 Å². The number of H-pyrrole nitrogens is 1. The van der Waals surface area contributed by atoms with Gasteiger partial charge in [0.05, 0.1) is 6.20 Å². The van der Waals surface area contributed by atoms with E-state index < -0.39 is 24.3 Å². The Kier molecular flexibility index (Phi) is 9.11. The number of aromatic nitrogens is 3. The summed E-state index contributed by atoms with van der Waals surface area (Å²) in [5.41, 5.74) is 6.53. The van der Waals surface area contributed by atoms with Crippen molar-refractivity contribution in [2.75, 3.05) is 0 Å². The van der Waals surface area contributed by atoms with Crippen LogP contribution in [0, 0.1) is 5.82 Å². The molecule has 0 saturated heterocycles. The average molecular weight is 613 g/mol. The molecular weight excluding hydrogens is 586 g/mol. The van der Waals surface area contributed by atoms with Gasteiger partial charge in [-0.3, -0.25) is 10.1 Å². The summed E-state index contributed by atoms with van der Waals surface area (Å²) in [6.45, 7) is 2.83. The van der Waals surface area contributed by atoms with Gasteiger partial charge >= 0.3 is 169 Å². The van der Waals surface area contributed by atoms with Crippen molar-refractivity contribution in [3.05, 3.63) is 107 Å². The van der Waals surface area contributed by atoms with Crippen LogP contribution < -0.4 is 5.48 Å². The van der Waals surface area contributed by atoms with Crippen molar-refractivity contribution < 1.29 is 25.9 Å². The van der Waals surface area contributed by atoms with Crippen molar-refractivity contribution >= 4 is 42.6 Å². The number of halogens is 1. The molecule has 3 aromatic heterocycles. The summed E-state index contributed by atoms with van der Waals surface area (Å²) in [5.74, 6) is -0.936. The Balaban J connectivity index is 0.000000265. The minimum atomic E-state index is -4.98. The van der Waals surface area contributed by atoms with Gasteiger partial charge in [-0.1, -0.05) is 0 Å². The molecule has 1 aromatic carbocycles. The van der Waals surface area contributed by atoms with Gasteiger partial charge in [-0.2, -0.15) is 5.10 Å². The summed E-state index contributed by atoms with van der Waals surface area (Å²) >= 11 is -3.48. The van der Waals surface area contributed by atoms with Gasteiger partial charge in [0, 0.05) is 24.2 Å². The number of rotatable bonds is 7. The van der Waals surface area contributed by atoms with Gasteiger partial charge in [-0.25, -0.2) is 0 Å². The van der Waals surface area contributed by atoms with Crippen LogP contribution in [0.2, 0.25) is 4.20 Å². The monoisotopic (exact) mass is 612 g/mol. The van der Waals surface area contributed by atoms with Crippen molar-refractivity contribution in [2.24, 2.45) is 0 Å². The molecule has 0 aliphatic heterocycles. The Labute approximate surface area is 231 Å². The summed E-state index contributed by atoms with van der Waals surface area (Å²) in [7, 11) is 0. The molecule has 1 amide bonds. The van der Waals surface area contributed by atoms with Crippen LogP contribution in [0.25, 0.3) is 22.3 Å². The van der Waals surface area contributed by atoms with Crippen LogP contribution in [0.1, 0.15) is 30.7 Å². The number of nitrogens with one attached hydrogen (secondary N) is 2. The largest absolute Gasteiger partial charge is 0.285 e. The number of benzene rings is 1. The number of aromatic amines is 1. The predicted molar refractivity (Wildman–Crippen MR) is 147 cm³/mol. The fraction of sp³-hybridized carbons (Fsp3) is 0.148. The Bertz CT molecular complexity index is 1490. The van der Waals surface area contributed by atoms with Crippen LogP contribution >= 0.6 is 11.3 Å². The predicted octanol–water partition coefficient (Wildman–Crippen LogP) is 5.92. The number of thiophene rings is 1. The van der Waals surface area contributed by atoms with Gasteiger partial charge in [0.2, 0.25) is 0 Å². The topological polar surface area (TPSA) is 126 Å². The van der Waals surface area contributed by atoms with E-state index in [9.17, 15) is 18.2 Å². The van der Waals surface area contributed by atoms with Gasteiger partial charge in [-0.15, -0.1) is 0 Å². The fourth-order valence-corrected chi connectivity index (χ4v) is 7.48. The number of carbonyl (C=O) groups excluding carboxylic acids is 1. The Hall–Kier alpha value is -3.60. The van der Waals surface area contributed by atoms with E-state index in [1.165, 1.54) is 30.4 Å². The van der Waals surface area contributed by atoms with E-state index in [4.69, 9.17) is 3.83 Å². The van der Waals surface area contributed by atoms with Crippen LogP contribution in [0.5, 0.6) is 0 Å². The van der Waals surface area contributed by atoms with Crippen molar-refractivity contribution in [1.82, 2.24) is 20.7 Å². The number of hydrogen-bond donors (Lipinski definition) is 3. The third kappa shape index (κ3) is 6.89. The van der Waals surface area contributed by atoms with E-state index in [2.05, 4.69) is 19.1 Å². The van der Waals surface area contributed by atoms with Crippen LogP contribution in [-0.2, 0) is 16.2 Å². The molecule has 3 heterocycles. The van der Waals surface area contributed by atoms with Crippen LogP contribution in [0.4, 0.5) is 4.39 Å². The first-order chi connectivity index (χ1) is 18.7. The number of allylic oxidation sites excluding steroid dienone is 4. The van der Waals surface area contributed by atoms with Gasteiger partial charge in [0.1, 0.15) is 0 Å². The molecule has 2 atom stereocenters. The summed E-state index contributed by atoms with van der Waals surface area (Å²) in [4.78, 5) is 16.1. The molecule has 0 radical (unpaired) electrons. The number of hydroxylamine groups is 1. The zero-order valence-corrected chi connectivity index (χ0v) is 23.8. The fourth-order valence-electron chi connectivity index (χ4n) is 3.95. The van der Waals surface area contributed by atoms with Gasteiger partial charge < -0.3 is 0 Å². The van der Waals surface area contributed by atoms with Crippen LogP contribution in [0.15, 0.2) is 90.9 Å². The molecule has 202 valence electrons. The zero-order valence-electron chi connectivity index (χ0n) is 21.1. The molecule has 5 rings (SSSR count). The number of carbonyl (C=O) groups is 1. The maximum absolute atomic E-state index is 13.3. The number of nitrogens with zero attached hydrogens (tertiary/aromatic N) is 2. The smallest absolute Gasteiger partial charge is 0.0565 e. The molecule has 12 heteroatoms. The quantitative estimate of drug-likeness (QED) is 0.134. The molecule has 3 N–H and O–H groups in total. The van der Waals surface area contributed by atoms with E-state index in [-0.39, 0.29) is 12.2 Å². The molecule has 39 heavy (non-hydrogen) atoms. The first-order valence-electron chi connectivity index (χ1n) is 11.7. The molecule has 0 fully saturated rings. The maximum atomic E-state index is 13.3. The van der Waals surface area contributed by atoms with Gasteiger partial charge in [-0.05, 0) is 17.7 Å². The summed E-state index contributed by atoms with van der Waals surface area (Å²) in [5, 5.41) is 17.9. The minimum Gasteiger partial charge on any atom is -0.285 e. The molecule has 0 saturated carbocycles.